The van der Waals surface area contributed by atoms with Crippen LogP contribution in [0, 0.1) is 0 Å². The first kappa shape index (κ1) is 18.0. The Labute approximate surface area is 164 Å². The van der Waals surface area contributed by atoms with E-state index in [0.29, 0.717) is 18.8 Å². The molecule has 0 unspecified atom stereocenters. The average molecular weight is 377 g/mol. The van der Waals surface area contributed by atoms with Gasteiger partial charge in [-0.05, 0) is 29.8 Å². The van der Waals surface area contributed by atoms with Crippen molar-refractivity contribution in [2.24, 2.45) is 7.05 Å². The molecule has 0 N–H and O–H groups in total. The third-order valence-electron chi connectivity index (χ3n) is 4.99. The van der Waals surface area contributed by atoms with Crippen LogP contribution in [0.25, 0.3) is 11.4 Å². The van der Waals surface area contributed by atoms with Crippen molar-refractivity contribution < 1.29 is 9.53 Å². The molecule has 7 heteroatoms. The Hall–Kier alpha value is -3.35. The number of amides is 1. The van der Waals surface area contributed by atoms with Crippen molar-refractivity contribution in [3.63, 3.8) is 0 Å². The van der Waals surface area contributed by atoms with Gasteiger partial charge in [-0.2, -0.15) is 0 Å². The van der Waals surface area contributed by atoms with Gasteiger partial charge in [0.25, 0.3) is 5.91 Å². The number of ether oxygens (including phenoxy) is 1. The van der Waals surface area contributed by atoms with E-state index in [1.54, 1.807) is 13.3 Å². The lowest BCUT2D eigenvalue weighted by molar-refractivity contribution is 0.0757. The van der Waals surface area contributed by atoms with E-state index in [1.165, 1.54) is 0 Å². The molecule has 0 bridgehead atoms. The van der Waals surface area contributed by atoms with Crippen LogP contribution in [0.2, 0.25) is 0 Å². The first-order valence-electron chi connectivity index (χ1n) is 9.09. The van der Waals surface area contributed by atoms with Crippen LogP contribution in [0.5, 0.6) is 5.75 Å². The fourth-order valence-corrected chi connectivity index (χ4v) is 3.45. The molecule has 2 aromatic heterocycles. The minimum absolute atomic E-state index is 0.00457. The van der Waals surface area contributed by atoms with Gasteiger partial charge in [-0.3, -0.25) is 4.79 Å². The Kier molecular flexibility index (Phi) is 4.50. The number of pyridine rings is 1. The second-order valence-corrected chi connectivity index (χ2v) is 7.10. The predicted molar refractivity (Wildman–Crippen MR) is 107 cm³/mol. The minimum Gasteiger partial charge on any atom is -0.497 e. The number of aromatic nitrogens is 3. The van der Waals surface area contributed by atoms with E-state index in [9.17, 15) is 4.79 Å². The predicted octanol–water partition coefficient (Wildman–Crippen LogP) is 2.71. The van der Waals surface area contributed by atoms with E-state index >= 15 is 0 Å². The molecule has 4 rings (SSSR count). The number of carbonyl (C=O) groups is 1. The van der Waals surface area contributed by atoms with Crippen LogP contribution in [-0.2, 0) is 20.1 Å². The number of carbonyl (C=O) groups excluding carboxylic acids is 1. The van der Waals surface area contributed by atoms with E-state index in [2.05, 4.69) is 4.98 Å². The van der Waals surface area contributed by atoms with Gasteiger partial charge in [-0.1, -0.05) is 12.1 Å². The van der Waals surface area contributed by atoms with E-state index in [-0.39, 0.29) is 5.91 Å². The summed E-state index contributed by atoms with van der Waals surface area (Å²) >= 11 is 0. The number of rotatable bonds is 5. The van der Waals surface area contributed by atoms with Crippen LogP contribution in [0.4, 0.5) is 5.82 Å². The number of nitrogens with zero attached hydrogens (tertiary/aromatic N) is 5. The number of methoxy groups -OCH3 is 1. The maximum Gasteiger partial charge on any atom is 0.273 e. The molecule has 0 spiro atoms. The van der Waals surface area contributed by atoms with Crippen LogP contribution in [0.1, 0.15) is 21.7 Å². The summed E-state index contributed by atoms with van der Waals surface area (Å²) in [6.45, 7) is 1.06. The van der Waals surface area contributed by atoms with Crippen molar-refractivity contribution in [3.05, 3.63) is 59.5 Å². The fraction of sp³-hybridized carbons (Fsp3) is 0.286. The van der Waals surface area contributed by atoms with Gasteiger partial charge in [-0.25, -0.2) is 9.97 Å². The van der Waals surface area contributed by atoms with Gasteiger partial charge < -0.3 is 19.1 Å². The van der Waals surface area contributed by atoms with Gasteiger partial charge in [0.05, 0.1) is 19.3 Å². The lowest BCUT2D eigenvalue weighted by Gasteiger charge is -2.17. The number of hydrogen-bond acceptors (Lipinski definition) is 5. The zero-order chi connectivity index (χ0) is 19.8. The summed E-state index contributed by atoms with van der Waals surface area (Å²) in [5, 5.41) is 0. The molecule has 28 heavy (non-hydrogen) atoms. The first-order chi connectivity index (χ1) is 13.5. The molecule has 144 valence electrons. The van der Waals surface area contributed by atoms with Gasteiger partial charge in [0.15, 0.2) is 0 Å². The van der Waals surface area contributed by atoms with Crippen molar-refractivity contribution in [1.82, 2.24) is 19.4 Å². The summed E-state index contributed by atoms with van der Waals surface area (Å²) in [7, 11) is 7.43. The maximum atomic E-state index is 13.0. The number of fused-ring (bicyclic) bond motifs is 1. The second kappa shape index (κ2) is 6.99. The highest BCUT2D eigenvalue weighted by Gasteiger charge is 2.33. The maximum absolute atomic E-state index is 13.0. The molecule has 0 saturated carbocycles. The molecule has 7 nitrogen and oxygen atoms in total. The normalized spacial score (nSPS) is 13.0. The zero-order valence-electron chi connectivity index (χ0n) is 16.5. The Morgan fingerprint density at radius 2 is 1.89 bits per heavy atom. The summed E-state index contributed by atoms with van der Waals surface area (Å²) in [5.74, 6) is 2.46. The quantitative estimate of drug-likeness (QED) is 0.684. The van der Waals surface area contributed by atoms with Gasteiger partial charge >= 0.3 is 0 Å². The molecule has 0 atom stereocenters. The Morgan fingerprint density at radius 1 is 1.14 bits per heavy atom. The molecule has 1 aromatic carbocycles. The van der Waals surface area contributed by atoms with Crippen molar-refractivity contribution in [1.29, 1.82) is 0 Å². The zero-order valence-corrected chi connectivity index (χ0v) is 16.5. The van der Waals surface area contributed by atoms with E-state index in [1.807, 2.05) is 71.9 Å². The third-order valence-corrected chi connectivity index (χ3v) is 4.99. The molecule has 0 saturated heterocycles. The minimum atomic E-state index is 0.00457. The SMILES string of the molecule is COc1ccc(CN2Cc3nc(-c4ccc(N(C)C)nc4)n(C)c3C2=O)cc1. The lowest BCUT2D eigenvalue weighted by Crippen LogP contribution is -2.25. The van der Waals surface area contributed by atoms with Crippen LogP contribution >= 0.6 is 0 Å². The summed E-state index contributed by atoms with van der Waals surface area (Å²) in [5.41, 5.74) is 3.43. The van der Waals surface area contributed by atoms with Gasteiger partial charge in [-0.15, -0.1) is 0 Å². The van der Waals surface area contributed by atoms with Crippen molar-refractivity contribution in [2.45, 2.75) is 13.1 Å². The monoisotopic (exact) mass is 377 g/mol. The van der Waals surface area contributed by atoms with Crippen molar-refractivity contribution in [2.75, 3.05) is 26.1 Å². The van der Waals surface area contributed by atoms with E-state index in [4.69, 9.17) is 9.72 Å². The van der Waals surface area contributed by atoms with Gasteiger partial charge in [0.2, 0.25) is 0 Å². The second-order valence-electron chi connectivity index (χ2n) is 7.10. The number of hydrogen-bond donors (Lipinski definition) is 0. The number of benzene rings is 1. The van der Waals surface area contributed by atoms with E-state index in [0.717, 1.165) is 34.2 Å². The molecule has 1 amide bonds. The molecule has 1 aliphatic rings. The molecule has 3 aromatic rings. The highest BCUT2D eigenvalue weighted by Crippen LogP contribution is 2.29. The summed E-state index contributed by atoms with van der Waals surface area (Å²) in [6, 6.07) is 11.7. The lowest BCUT2D eigenvalue weighted by atomic mass is 10.2. The fourth-order valence-electron chi connectivity index (χ4n) is 3.45. The molecular weight excluding hydrogens is 354 g/mol. The average Bonchev–Trinajstić information content (AvgIpc) is 3.19. The Bertz CT molecular complexity index is 1010. The van der Waals surface area contributed by atoms with Gasteiger partial charge in [0, 0.05) is 39.4 Å². The van der Waals surface area contributed by atoms with E-state index < -0.39 is 0 Å². The molecule has 0 radical (unpaired) electrons. The Balaban J connectivity index is 1.55. The van der Waals surface area contributed by atoms with Crippen LogP contribution < -0.4 is 9.64 Å². The van der Waals surface area contributed by atoms with Crippen LogP contribution in [0.15, 0.2) is 42.6 Å². The summed E-state index contributed by atoms with van der Waals surface area (Å²) < 4.78 is 7.06. The third kappa shape index (κ3) is 3.09. The van der Waals surface area contributed by atoms with Crippen molar-refractivity contribution in [3.8, 4) is 17.1 Å². The summed E-state index contributed by atoms with van der Waals surface area (Å²) in [4.78, 5) is 25.9. The van der Waals surface area contributed by atoms with Gasteiger partial charge in [0.1, 0.15) is 23.1 Å². The smallest absolute Gasteiger partial charge is 0.273 e. The standard InChI is InChI=1S/C21H23N5O2/c1-24(2)18-10-7-15(11-22-18)20-23-17-13-26(21(27)19(17)25(20)3)12-14-5-8-16(28-4)9-6-14/h5-11H,12-13H2,1-4H3. The first-order valence-corrected chi connectivity index (χ1v) is 9.09. The molecule has 1 aliphatic heterocycles. The van der Waals surface area contributed by atoms with Crippen molar-refractivity contribution >= 4 is 11.7 Å². The number of imidazole rings is 1. The Morgan fingerprint density at radius 3 is 2.46 bits per heavy atom. The van der Waals surface area contributed by atoms with Crippen LogP contribution in [0.3, 0.4) is 0 Å². The highest BCUT2D eigenvalue weighted by molar-refractivity contribution is 5.97. The molecular formula is C21H23N5O2. The molecule has 0 aliphatic carbocycles. The molecule has 3 heterocycles. The topological polar surface area (TPSA) is 63.5 Å². The highest BCUT2D eigenvalue weighted by atomic mass is 16.5. The summed E-state index contributed by atoms with van der Waals surface area (Å²) in [6.07, 6.45) is 1.80. The van der Waals surface area contributed by atoms with Crippen LogP contribution in [-0.4, -0.2) is 46.5 Å². The largest absolute Gasteiger partial charge is 0.497 e. The molecule has 0 fully saturated rings. The number of anilines is 1.